The second-order valence-electron chi connectivity index (χ2n) is 4.57. The SMILES string of the molecule is CC(=O)Nc1cccc(CNC(=O)c2cccc(I)c2)c1. The molecule has 0 saturated heterocycles. The fourth-order valence-electron chi connectivity index (χ4n) is 1.88. The normalized spacial score (nSPS) is 10.0. The maximum atomic E-state index is 12.0. The largest absolute Gasteiger partial charge is 0.348 e. The van der Waals surface area contributed by atoms with Crippen molar-refractivity contribution in [2.45, 2.75) is 13.5 Å². The highest BCUT2D eigenvalue weighted by molar-refractivity contribution is 14.1. The third kappa shape index (κ3) is 4.86. The minimum Gasteiger partial charge on any atom is -0.348 e. The number of hydrogen-bond acceptors (Lipinski definition) is 2. The molecule has 2 aromatic rings. The van der Waals surface area contributed by atoms with Crippen molar-refractivity contribution in [1.82, 2.24) is 5.32 Å². The van der Waals surface area contributed by atoms with Crippen LogP contribution in [0.2, 0.25) is 0 Å². The van der Waals surface area contributed by atoms with Crippen LogP contribution >= 0.6 is 22.6 Å². The first-order valence-corrected chi connectivity index (χ1v) is 7.53. The molecule has 0 aliphatic rings. The van der Waals surface area contributed by atoms with E-state index in [-0.39, 0.29) is 11.8 Å². The minimum absolute atomic E-state index is 0.113. The molecule has 108 valence electrons. The monoisotopic (exact) mass is 394 g/mol. The summed E-state index contributed by atoms with van der Waals surface area (Å²) < 4.78 is 1.02. The van der Waals surface area contributed by atoms with E-state index in [2.05, 4.69) is 33.2 Å². The van der Waals surface area contributed by atoms with Gasteiger partial charge in [0.2, 0.25) is 5.91 Å². The predicted molar refractivity (Wildman–Crippen MR) is 91.1 cm³/mol. The highest BCUT2D eigenvalue weighted by atomic mass is 127. The summed E-state index contributed by atoms with van der Waals surface area (Å²) in [5, 5.41) is 5.59. The van der Waals surface area contributed by atoms with E-state index in [1.807, 2.05) is 42.5 Å². The summed E-state index contributed by atoms with van der Waals surface area (Å²) in [6.07, 6.45) is 0. The van der Waals surface area contributed by atoms with Crippen molar-refractivity contribution in [3.63, 3.8) is 0 Å². The van der Waals surface area contributed by atoms with E-state index in [0.29, 0.717) is 12.1 Å². The molecule has 2 rings (SSSR count). The van der Waals surface area contributed by atoms with Crippen molar-refractivity contribution < 1.29 is 9.59 Å². The summed E-state index contributed by atoms with van der Waals surface area (Å²) in [6.45, 7) is 1.88. The third-order valence-corrected chi connectivity index (χ3v) is 3.46. The molecule has 0 fully saturated rings. The summed E-state index contributed by atoms with van der Waals surface area (Å²) in [5.74, 6) is -0.228. The van der Waals surface area contributed by atoms with Crippen LogP contribution in [0.4, 0.5) is 5.69 Å². The lowest BCUT2D eigenvalue weighted by molar-refractivity contribution is -0.114. The lowest BCUT2D eigenvalue weighted by atomic mass is 10.1. The molecule has 4 nitrogen and oxygen atoms in total. The molecule has 2 aromatic carbocycles. The van der Waals surface area contributed by atoms with E-state index < -0.39 is 0 Å². The lowest BCUT2D eigenvalue weighted by Gasteiger charge is -2.08. The van der Waals surface area contributed by atoms with Gasteiger partial charge < -0.3 is 10.6 Å². The lowest BCUT2D eigenvalue weighted by Crippen LogP contribution is -2.22. The van der Waals surface area contributed by atoms with Gasteiger partial charge in [0.25, 0.3) is 5.91 Å². The Kier molecular flexibility index (Phi) is 5.32. The first-order valence-electron chi connectivity index (χ1n) is 6.45. The molecular formula is C16H15IN2O2. The van der Waals surface area contributed by atoms with Gasteiger partial charge in [-0.3, -0.25) is 9.59 Å². The smallest absolute Gasteiger partial charge is 0.251 e. The fourth-order valence-corrected chi connectivity index (χ4v) is 2.42. The minimum atomic E-state index is -0.116. The molecule has 2 amide bonds. The van der Waals surface area contributed by atoms with Crippen molar-refractivity contribution in [3.05, 3.63) is 63.2 Å². The Morgan fingerprint density at radius 3 is 2.57 bits per heavy atom. The molecule has 0 aliphatic carbocycles. The Morgan fingerprint density at radius 1 is 1.10 bits per heavy atom. The second kappa shape index (κ2) is 7.21. The summed E-state index contributed by atoms with van der Waals surface area (Å²) in [6, 6.07) is 14.8. The second-order valence-corrected chi connectivity index (χ2v) is 5.82. The van der Waals surface area contributed by atoms with E-state index >= 15 is 0 Å². The van der Waals surface area contributed by atoms with Gasteiger partial charge in [0.05, 0.1) is 0 Å². The molecule has 0 aliphatic heterocycles. The number of benzene rings is 2. The molecule has 0 saturated carbocycles. The Labute approximate surface area is 137 Å². The van der Waals surface area contributed by atoms with Gasteiger partial charge in [-0.05, 0) is 58.5 Å². The zero-order valence-corrected chi connectivity index (χ0v) is 13.7. The van der Waals surface area contributed by atoms with Crippen LogP contribution in [-0.2, 0) is 11.3 Å². The van der Waals surface area contributed by atoms with Gasteiger partial charge in [-0.1, -0.05) is 18.2 Å². The topological polar surface area (TPSA) is 58.2 Å². The van der Waals surface area contributed by atoms with E-state index in [1.165, 1.54) is 6.92 Å². The van der Waals surface area contributed by atoms with E-state index in [1.54, 1.807) is 6.07 Å². The molecule has 0 bridgehead atoms. The maximum absolute atomic E-state index is 12.0. The first-order chi connectivity index (χ1) is 10.0. The standard InChI is InChI=1S/C16H15IN2O2/c1-11(20)19-15-7-2-4-12(8-15)10-18-16(21)13-5-3-6-14(17)9-13/h2-9H,10H2,1H3,(H,18,21)(H,19,20). The molecule has 0 aromatic heterocycles. The average molecular weight is 394 g/mol. The first kappa shape index (κ1) is 15.5. The van der Waals surface area contributed by atoms with Crippen LogP contribution in [0.25, 0.3) is 0 Å². The Morgan fingerprint density at radius 2 is 1.86 bits per heavy atom. The molecule has 0 radical (unpaired) electrons. The van der Waals surface area contributed by atoms with Crippen LogP contribution in [0.5, 0.6) is 0 Å². The molecule has 5 heteroatoms. The molecule has 2 N–H and O–H groups in total. The fraction of sp³-hybridized carbons (Fsp3) is 0.125. The van der Waals surface area contributed by atoms with Crippen LogP contribution in [0.15, 0.2) is 48.5 Å². The Balaban J connectivity index is 1.99. The average Bonchev–Trinajstić information content (AvgIpc) is 2.44. The number of nitrogens with one attached hydrogen (secondary N) is 2. The van der Waals surface area contributed by atoms with E-state index in [0.717, 1.165) is 14.8 Å². The molecule has 0 unspecified atom stereocenters. The Bertz CT molecular complexity index is 671. The molecule has 21 heavy (non-hydrogen) atoms. The maximum Gasteiger partial charge on any atom is 0.251 e. The van der Waals surface area contributed by atoms with Gasteiger partial charge in [0.15, 0.2) is 0 Å². The summed E-state index contributed by atoms with van der Waals surface area (Å²) in [7, 11) is 0. The summed E-state index contributed by atoms with van der Waals surface area (Å²) in [5.41, 5.74) is 2.30. The number of anilines is 1. The number of rotatable bonds is 4. The van der Waals surface area contributed by atoms with Crippen molar-refractivity contribution in [3.8, 4) is 0 Å². The number of halogens is 1. The molecular weight excluding hydrogens is 379 g/mol. The van der Waals surface area contributed by atoms with Crippen molar-refractivity contribution in [2.24, 2.45) is 0 Å². The van der Waals surface area contributed by atoms with Crippen LogP contribution in [0, 0.1) is 3.57 Å². The zero-order chi connectivity index (χ0) is 15.2. The van der Waals surface area contributed by atoms with Crippen LogP contribution in [-0.4, -0.2) is 11.8 Å². The molecule has 0 heterocycles. The quantitative estimate of drug-likeness (QED) is 0.783. The number of hydrogen-bond donors (Lipinski definition) is 2. The predicted octanol–water partition coefficient (Wildman–Crippen LogP) is 3.18. The van der Waals surface area contributed by atoms with Gasteiger partial charge in [-0.25, -0.2) is 0 Å². The number of carbonyl (C=O) groups excluding carboxylic acids is 2. The summed E-state index contributed by atoms with van der Waals surface area (Å²) >= 11 is 2.17. The highest BCUT2D eigenvalue weighted by Gasteiger charge is 2.05. The highest BCUT2D eigenvalue weighted by Crippen LogP contribution is 2.11. The number of amides is 2. The van der Waals surface area contributed by atoms with Crippen molar-refractivity contribution in [2.75, 3.05) is 5.32 Å². The van der Waals surface area contributed by atoms with E-state index in [4.69, 9.17) is 0 Å². The van der Waals surface area contributed by atoms with Gasteiger partial charge in [-0.15, -0.1) is 0 Å². The van der Waals surface area contributed by atoms with Crippen molar-refractivity contribution in [1.29, 1.82) is 0 Å². The number of carbonyl (C=O) groups is 2. The van der Waals surface area contributed by atoms with Gasteiger partial charge in [0.1, 0.15) is 0 Å². The van der Waals surface area contributed by atoms with Crippen LogP contribution in [0.1, 0.15) is 22.8 Å². The molecule has 0 atom stereocenters. The van der Waals surface area contributed by atoms with Gasteiger partial charge in [0, 0.05) is 28.3 Å². The molecule has 0 spiro atoms. The van der Waals surface area contributed by atoms with Crippen LogP contribution in [0.3, 0.4) is 0 Å². The van der Waals surface area contributed by atoms with Crippen LogP contribution < -0.4 is 10.6 Å². The van der Waals surface area contributed by atoms with Gasteiger partial charge >= 0.3 is 0 Å². The Hall–Kier alpha value is -1.89. The zero-order valence-electron chi connectivity index (χ0n) is 11.5. The third-order valence-electron chi connectivity index (χ3n) is 2.79. The van der Waals surface area contributed by atoms with E-state index in [9.17, 15) is 9.59 Å². The van der Waals surface area contributed by atoms with Crippen molar-refractivity contribution >= 4 is 40.1 Å². The summed E-state index contributed by atoms with van der Waals surface area (Å²) in [4.78, 5) is 23.1. The van der Waals surface area contributed by atoms with Gasteiger partial charge in [-0.2, -0.15) is 0 Å².